The van der Waals surface area contributed by atoms with Gasteiger partial charge in [-0.25, -0.2) is 0 Å². The Bertz CT molecular complexity index is 665. The number of rotatable bonds is 3. The molecule has 2 aliphatic heterocycles. The van der Waals surface area contributed by atoms with Crippen molar-refractivity contribution >= 4 is 22.6 Å². The predicted octanol–water partition coefficient (Wildman–Crippen LogP) is 1.76. The first-order valence-electron chi connectivity index (χ1n) is 7.75. The van der Waals surface area contributed by atoms with Crippen LogP contribution in [0.25, 0.3) is 0 Å². The van der Waals surface area contributed by atoms with Crippen molar-refractivity contribution in [1.82, 2.24) is 13.5 Å². The molecule has 7 heteroatoms. The van der Waals surface area contributed by atoms with E-state index in [4.69, 9.17) is 0 Å². The minimum atomic E-state index is -3.30. The quantitative estimate of drug-likeness (QED) is 0.826. The van der Waals surface area contributed by atoms with Gasteiger partial charge in [-0.15, -0.1) is 12.4 Å². The van der Waals surface area contributed by atoms with E-state index >= 15 is 0 Å². The molecule has 3 atom stereocenters. The number of aryl methyl sites for hydroxylation is 1. The molecule has 130 valence electrons. The van der Waals surface area contributed by atoms with Crippen LogP contribution < -0.4 is 0 Å². The Hall–Kier alpha value is -0.660. The van der Waals surface area contributed by atoms with Crippen molar-refractivity contribution in [1.29, 1.82) is 0 Å². The minimum Gasteiger partial charge on any atom is -0.299 e. The van der Waals surface area contributed by atoms with E-state index in [2.05, 4.69) is 43.1 Å². The van der Waals surface area contributed by atoms with Crippen LogP contribution in [0.5, 0.6) is 0 Å². The lowest BCUT2D eigenvalue weighted by atomic mass is 9.88. The zero-order valence-electron chi connectivity index (χ0n) is 14.1. The van der Waals surface area contributed by atoms with Gasteiger partial charge < -0.3 is 0 Å². The number of nitrogens with zero attached hydrogens (tertiary/aromatic N) is 3. The van der Waals surface area contributed by atoms with Crippen molar-refractivity contribution in [2.45, 2.75) is 13.0 Å². The molecular formula is C16H26ClN3O2S. The Balaban J connectivity index is 0.00000192. The van der Waals surface area contributed by atoms with E-state index in [9.17, 15) is 8.42 Å². The second kappa shape index (κ2) is 6.69. The van der Waals surface area contributed by atoms with Gasteiger partial charge >= 0.3 is 0 Å². The molecule has 1 aromatic rings. The van der Waals surface area contributed by atoms with Crippen molar-refractivity contribution in [3.8, 4) is 0 Å². The van der Waals surface area contributed by atoms with E-state index in [1.807, 2.05) is 0 Å². The number of likely N-dealkylation sites (tertiary alicyclic amines) is 1. The summed E-state index contributed by atoms with van der Waals surface area (Å²) in [5, 5.41) is 0. The first-order chi connectivity index (χ1) is 10.3. The third kappa shape index (κ3) is 3.15. The van der Waals surface area contributed by atoms with Gasteiger partial charge in [0.2, 0.25) is 0 Å². The Morgan fingerprint density at radius 2 is 1.78 bits per heavy atom. The summed E-state index contributed by atoms with van der Waals surface area (Å²) in [6, 6.07) is 8.77. The third-order valence-electron chi connectivity index (χ3n) is 5.16. The maximum absolute atomic E-state index is 12.4. The van der Waals surface area contributed by atoms with E-state index in [0.717, 1.165) is 6.54 Å². The normalized spacial score (nSPS) is 28.8. The zero-order chi connectivity index (χ0) is 16.1. The summed E-state index contributed by atoms with van der Waals surface area (Å²) in [6.07, 6.45) is 0. The van der Waals surface area contributed by atoms with E-state index in [1.165, 1.54) is 15.4 Å². The summed E-state index contributed by atoms with van der Waals surface area (Å²) >= 11 is 0. The largest absolute Gasteiger partial charge is 0.299 e. The highest BCUT2D eigenvalue weighted by atomic mass is 35.5. The lowest BCUT2D eigenvalue weighted by molar-refractivity contribution is 0.258. The van der Waals surface area contributed by atoms with Gasteiger partial charge in [-0.05, 0) is 36.9 Å². The lowest BCUT2D eigenvalue weighted by Gasteiger charge is -2.28. The Morgan fingerprint density at radius 1 is 1.13 bits per heavy atom. The summed E-state index contributed by atoms with van der Waals surface area (Å²) < 4.78 is 27.8. The van der Waals surface area contributed by atoms with Crippen LogP contribution in [0.1, 0.15) is 17.2 Å². The minimum absolute atomic E-state index is 0. The van der Waals surface area contributed by atoms with Gasteiger partial charge in [0.05, 0.1) is 0 Å². The average Bonchev–Trinajstić information content (AvgIpc) is 2.97. The molecule has 3 rings (SSSR count). The molecule has 2 fully saturated rings. The maximum Gasteiger partial charge on any atom is 0.281 e. The van der Waals surface area contributed by atoms with E-state index < -0.39 is 10.2 Å². The van der Waals surface area contributed by atoms with Crippen LogP contribution in [0.2, 0.25) is 0 Å². The molecule has 0 amide bonds. The van der Waals surface area contributed by atoms with Gasteiger partial charge in [-0.1, -0.05) is 24.3 Å². The molecule has 0 aromatic heterocycles. The molecule has 5 nitrogen and oxygen atoms in total. The second-order valence-electron chi connectivity index (χ2n) is 6.77. The highest BCUT2D eigenvalue weighted by molar-refractivity contribution is 7.86. The number of halogens is 1. The summed E-state index contributed by atoms with van der Waals surface area (Å²) in [4.78, 5) is 2.39. The van der Waals surface area contributed by atoms with Crippen molar-refractivity contribution in [3.63, 3.8) is 0 Å². The molecule has 0 spiro atoms. The van der Waals surface area contributed by atoms with Crippen LogP contribution in [-0.2, 0) is 10.2 Å². The molecule has 2 heterocycles. The number of hydrogen-bond donors (Lipinski definition) is 0. The molecule has 2 saturated heterocycles. The molecule has 0 radical (unpaired) electrons. The van der Waals surface area contributed by atoms with Crippen LogP contribution in [-0.4, -0.2) is 62.7 Å². The Kier molecular flexibility index (Phi) is 5.43. The smallest absolute Gasteiger partial charge is 0.281 e. The second-order valence-corrected chi connectivity index (χ2v) is 8.91. The molecule has 1 aromatic carbocycles. The van der Waals surface area contributed by atoms with E-state index in [1.54, 1.807) is 18.4 Å². The van der Waals surface area contributed by atoms with Crippen molar-refractivity contribution in [3.05, 3.63) is 35.4 Å². The topological polar surface area (TPSA) is 43.9 Å². The number of benzene rings is 1. The standard InChI is InChI=1S/C16H25N3O2S.ClH/c1-12-7-5-6-8-14(12)16-15-11-19(22(20,21)17(2)3)10-13(15)9-18(16)4;/h5-8,13,15-16H,9-11H2,1-4H3;1H/t13-,15+,16-;/m0./s1. The third-order valence-corrected chi connectivity index (χ3v) is 7.03. The predicted molar refractivity (Wildman–Crippen MR) is 95.0 cm³/mol. The molecule has 23 heavy (non-hydrogen) atoms. The van der Waals surface area contributed by atoms with E-state index in [-0.39, 0.29) is 12.4 Å². The molecule has 0 unspecified atom stereocenters. The maximum atomic E-state index is 12.4. The molecule has 0 N–H and O–H groups in total. The zero-order valence-corrected chi connectivity index (χ0v) is 15.8. The van der Waals surface area contributed by atoms with Crippen molar-refractivity contribution < 1.29 is 8.42 Å². The van der Waals surface area contributed by atoms with Crippen LogP contribution in [0, 0.1) is 18.8 Å². The Morgan fingerprint density at radius 3 is 2.39 bits per heavy atom. The fourth-order valence-electron chi connectivity index (χ4n) is 4.02. The summed E-state index contributed by atoms with van der Waals surface area (Å²) in [6.45, 7) is 4.36. The number of fused-ring (bicyclic) bond motifs is 1. The first kappa shape index (κ1) is 18.7. The van der Waals surface area contributed by atoms with Crippen LogP contribution in [0.3, 0.4) is 0 Å². The molecule has 2 aliphatic rings. The van der Waals surface area contributed by atoms with Crippen LogP contribution >= 0.6 is 12.4 Å². The highest BCUT2D eigenvalue weighted by Crippen LogP contribution is 2.45. The SMILES string of the molecule is Cc1ccccc1[C@H]1[C@@H]2CN(S(=O)(=O)N(C)C)C[C@@H]2CN1C.Cl. The number of hydrogen-bond acceptors (Lipinski definition) is 3. The molecule has 0 aliphatic carbocycles. The summed E-state index contributed by atoms with van der Waals surface area (Å²) in [7, 11) is 2.06. The highest BCUT2D eigenvalue weighted by Gasteiger charge is 2.49. The van der Waals surface area contributed by atoms with Crippen LogP contribution in [0.4, 0.5) is 0 Å². The van der Waals surface area contributed by atoms with E-state index in [0.29, 0.717) is 31.0 Å². The molecular weight excluding hydrogens is 334 g/mol. The van der Waals surface area contributed by atoms with Gasteiger partial charge in [0.25, 0.3) is 10.2 Å². The van der Waals surface area contributed by atoms with Gasteiger partial charge in [0.15, 0.2) is 0 Å². The summed E-state index contributed by atoms with van der Waals surface area (Å²) in [5.74, 6) is 0.796. The lowest BCUT2D eigenvalue weighted by Crippen LogP contribution is -2.40. The fourth-order valence-corrected chi connectivity index (χ4v) is 5.23. The summed E-state index contributed by atoms with van der Waals surface area (Å²) in [5.41, 5.74) is 2.62. The average molecular weight is 360 g/mol. The van der Waals surface area contributed by atoms with Crippen molar-refractivity contribution in [2.75, 3.05) is 40.8 Å². The fraction of sp³-hybridized carbons (Fsp3) is 0.625. The van der Waals surface area contributed by atoms with Gasteiger partial charge in [-0.3, -0.25) is 4.90 Å². The molecule has 0 bridgehead atoms. The molecule has 0 saturated carbocycles. The van der Waals surface area contributed by atoms with Crippen LogP contribution in [0.15, 0.2) is 24.3 Å². The Labute approximate surface area is 145 Å². The monoisotopic (exact) mass is 359 g/mol. The van der Waals surface area contributed by atoms with Gasteiger partial charge in [0.1, 0.15) is 0 Å². The first-order valence-corrected chi connectivity index (χ1v) is 9.15. The van der Waals surface area contributed by atoms with Gasteiger partial charge in [0, 0.05) is 39.8 Å². The van der Waals surface area contributed by atoms with Gasteiger partial charge in [-0.2, -0.15) is 17.0 Å². The van der Waals surface area contributed by atoms with Crippen molar-refractivity contribution in [2.24, 2.45) is 11.8 Å².